The van der Waals surface area contributed by atoms with Crippen LogP contribution in [0.15, 0.2) is 85.5 Å². The van der Waals surface area contributed by atoms with Gasteiger partial charge in [0.25, 0.3) is 0 Å². The van der Waals surface area contributed by atoms with Gasteiger partial charge in [0.15, 0.2) is 6.29 Å². The van der Waals surface area contributed by atoms with Crippen molar-refractivity contribution in [1.82, 2.24) is 10.2 Å². The van der Waals surface area contributed by atoms with E-state index in [1.807, 2.05) is 66.7 Å². The third kappa shape index (κ3) is 10.2. The second-order valence-corrected chi connectivity index (χ2v) is 12.9. The number of amides is 2. The van der Waals surface area contributed by atoms with Gasteiger partial charge in [0.2, 0.25) is 11.8 Å². The number of unbranched alkanes of at least 4 members (excludes halogenated alkanes) is 1. The maximum atomic E-state index is 12.5. The molecule has 2 aliphatic rings. The number of aliphatic hydroxyl groups excluding tert-OH is 1. The molecule has 9 nitrogen and oxygen atoms in total. The quantitative estimate of drug-likeness (QED) is 0.0784. The van der Waals surface area contributed by atoms with Gasteiger partial charge in [-0.05, 0) is 54.5 Å². The number of aliphatic hydroxyl groups is 1. The summed E-state index contributed by atoms with van der Waals surface area (Å²) in [6.07, 6.45) is 8.93. The molecule has 9 heteroatoms. The van der Waals surface area contributed by atoms with E-state index < -0.39 is 6.29 Å². The van der Waals surface area contributed by atoms with E-state index in [2.05, 4.69) is 22.1 Å². The first kappa shape index (κ1) is 35.3. The van der Waals surface area contributed by atoms with Gasteiger partial charge in [-0.25, -0.2) is 0 Å². The van der Waals surface area contributed by atoms with Crippen molar-refractivity contribution in [3.05, 3.63) is 108 Å². The number of para-hydroxylation sites is 2. The summed E-state index contributed by atoms with van der Waals surface area (Å²) < 4.78 is 13.2. The van der Waals surface area contributed by atoms with Crippen molar-refractivity contribution >= 4 is 23.2 Å². The standard InChI is InChI=1S/C39H50N4O5/c1-2-23-43(32-9-3-4-10-32)26-33-24-36(30-19-17-29(27-44)18-20-30)48-39(47-33)31-21-15-28(16-22-31)25-41-37(45)13-7-8-14-38(46)42-35-12-6-5-11-34(35)40/h2,5-6,11-12,15-22,32-33,36,39,44H,1,3-4,7-10,13-14,23-27,40H2,(H,41,45)(H,42,46). The minimum absolute atomic E-state index is 0.00897. The first-order valence-electron chi connectivity index (χ1n) is 17.3. The van der Waals surface area contributed by atoms with Crippen molar-refractivity contribution in [3.8, 4) is 0 Å². The van der Waals surface area contributed by atoms with Gasteiger partial charge >= 0.3 is 0 Å². The zero-order valence-corrected chi connectivity index (χ0v) is 27.8. The Labute approximate surface area is 284 Å². The highest BCUT2D eigenvalue weighted by atomic mass is 16.7. The summed E-state index contributed by atoms with van der Waals surface area (Å²) in [6.45, 7) is 6.09. The van der Waals surface area contributed by atoms with Crippen LogP contribution in [0.3, 0.4) is 0 Å². The minimum atomic E-state index is -0.528. The smallest absolute Gasteiger partial charge is 0.224 e. The van der Waals surface area contributed by atoms with E-state index in [0.29, 0.717) is 49.6 Å². The minimum Gasteiger partial charge on any atom is -0.397 e. The number of rotatable bonds is 16. The number of nitrogens with two attached hydrogens (primary N) is 1. The summed E-state index contributed by atoms with van der Waals surface area (Å²) >= 11 is 0. The number of carbonyl (C=O) groups excluding carboxylic acids is 2. The monoisotopic (exact) mass is 654 g/mol. The molecule has 0 radical (unpaired) electrons. The predicted molar refractivity (Wildman–Crippen MR) is 189 cm³/mol. The van der Waals surface area contributed by atoms with E-state index in [1.165, 1.54) is 25.7 Å². The fraction of sp³-hybridized carbons (Fsp3) is 0.436. The summed E-state index contributed by atoms with van der Waals surface area (Å²) in [6, 6.07) is 23.7. The highest BCUT2D eigenvalue weighted by Gasteiger charge is 2.34. The first-order valence-corrected chi connectivity index (χ1v) is 17.3. The average molecular weight is 655 g/mol. The molecule has 2 amide bonds. The zero-order valence-electron chi connectivity index (χ0n) is 27.8. The van der Waals surface area contributed by atoms with Gasteiger partial charge in [0.1, 0.15) is 0 Å². The molecular weight excluding hydrogens is 604 g/mol. The molecule has 5 N–H and O–H groups in total. The largest absolute Gasteiger partial charge is 0.397 e. The van der Waals surface area contributed by atoms with Crippen LogP contribution in [-0.4, -0.2) is 47.1 Å². The number of hydrogen-bond acceptors (Lipinski definition) is 7. The molecule has 0 spiro atoms. The number of benzene rings is 3. The maximum absolute atomic E-state index is 12.5. The van der Waals surface area contributed by atoms with Crippen molar-refractivity contribution in [2.75, 3.05) is 24.1 Å². The van der Waals surface area contributed by atoms with Crippen molar-refractivity contribution in [2.24, 2.45) is 0 Å². The molecule has 48 heavy (non-hydrogen) atoms. The molecule has 256 valence electrons. The zero-order chi connectivity index (χ0) is 33.7. The summed E-state index contributed by atoms with van der Waals surface area (Å²) in [7, 11) is 0. The summed E-state index contributed by atoms with van der Waals surface area (Å²) in [5.41, 5.74) is 10.9. The first-order chi connectivity index (χ1) is 23.4. The Kier molecular flexibility index (Phi) is 13.2. The molecule has 0 aromatic heterocycles. The second kappa shape index (κ2) is 17.9. The number of nitrogen functional groups attached to an aromatic ring is 1. The number of carbonyl (C=O) groups is 2. The van der Waals surface area contributed by atoms with Crippen molar-refractivity contribution in [2.45, 2.75) is 95.5 Å². The molecule has 3 aromatic rings. The van der Waals surface area contributed by atoms with Crippen LogP contribution in [0, 0.1) is 0 Å². The molecule has 3 atom stereocenters. The SMILES string of the molecule is C=CCN(CC1CC(c2ccc(CO)cc2)OC(c2ccc(CNC(=O)CCCCC(=O)Nc3ccccc3N)cc2)O1)C1CCCC1. The lowest BCUT2D eigenvalue weighted by atomic mass is 9.99. The van der Waals surface area contributed by atoms with Gasteiger partial charge in [0, 0.05) is 50.5 Å². The number of anilines is 2. The Morgan fingerprint density at radius 2 is 1.56 bits per heavy atom. The van der Waals surface area contributed by atoms with Gasteiger partial charge in [0.05, 0.1) is 30.2 Å². The molecule has 3 aromatic carbocycles. The molecule has 3 unspecified atom stereocenters. The van der Waals surface area contributed by atoms with Crippen LogP contribution in [0.1, 0.15) is 92.4 Å². The molecule has 1 heterocycles. The third-order valence-corrected chi connectivity index (χ3v) is 9.29. The number of ether oxygens (including phenoxy) is 2. The number of hydrogen-bond donors (Lipinski definition) is 4. The molecular formula is C39H50N4O5. The van der Waals surface area contributed by atoms with Crippen LogP contribution in [0.25, 0.3) is 0 Å². The summed E-state index contributed by atoms with van der Waals surface area (Å²) in [4.78, 5) is 27.2. The van der Waals surface area contributed by atoms with Crippen LogP contribution in [0.2, 0.25) is 0 Å². The molecule has 2 fully saturated rings. The van der Waals surface area contributed by atoms with Crippen LogP contribution < -0.4 is 16.4 Å². The van der Waals surface area contributed by atoms with E-state index >= 15 is 0 Å². The van der Waals surface area contributed by atoms with E-state index in [1.54, 1.807) is 12.1 Å². The Bertz CT molecular complexity index is 1470. The average Bonchev–Trinajstić information content (AvgIpc) is 3.66. The van der Waals surface area contributed by atoms with Gasteiger partial charge < -0.3 is 30.9 Å². The fourth-order valence-corrected chi connectivity index (χ4v) is 6.58. The lowest BCUT2D eigenvalue weighted by molar-refractivity contribution is -0.253. The van der Waals surface area contributed by atoms with E-state index in [-0.39, 0.29) is 30.6 Å². The predicted octanol–water partition coefficient (Wildman–Crippen LogP) is 6.55. The Balaban J connectivity index is 1.13. The molecule has 1 saturated heterocycles. The summed E-state index contributed by atoms with van der Waals surface area (Å²) in [5.74, 6) is -0.158. The Morgan fingerprint density at radius 3 is 2.25 bits per heavy atom. The second-order valence-electron chi connectivity index (χ2n) is 12.9. The lowest BCUT2D eigenvalue weighted by Crippen LogP contribution is -2.43. The molecule has 1 saturated carbocycles. The maximum Gasteiger partial charge on any atom is 0.224 e. The van der Waals surface area contributed by atoms with E-state index in [0.717, 1.165) is 41.8 Å². The highest BCUT2D eigenvalue weighted by Crippen LogP contribution is 2.39. The van der Waals surface area contributed by atoms with Gasteiger partial charge in [-0.1, -0.05) is 79.6 Å². The summed E-state index contributed by atoms with van der Waals surface area (Å²) in [5, 5.41) is 15.3. The van der Waals surface area contributed by atoms with Crippen molar-refractivity contribution in [1.29, 1.82) is 0 Å². The lowest BCUT2D eigenvalue weighted by Gasteiger charge is -2.39. The van der Waals surface area contributed by atoms with Gasteiger partial charge in [-0.3, -0.25) is 14.5 Å². The van der Waals surface area contributed by atoms with Crippen molar-refractivity contribution in [3.63, 3.8) is 0 Å². The topological polar surface area (TPSA) is 126 Å². The Hall–Kier alpha value is -4.02. The van der Waals surface area contributed by atoms with E-state index in [4.69, 9.17) is 15.2 Å². The van der Waals surface area contributed by atoms with Crippen LogP contribution in [-0.2, 0) is 32.2 Å². The molecule has 1 aliphatic carbocycles. The van der Waals surface area contributed by atoms with Crippen molar-refractivity contribution < 1.29 is 24.2 Å². The fourth-order valence-electron chi connectivity index (χ4n) is 6.58. The molecule has 5 rings (SSSR count). The number of nitrogens with zero attached hydrogens (tertiary/aromatic N) is 1. The van der Waals surface area contributed by atoms with Crippen LogP contribution in [0.4, 0.5) is 11.4 Å². The van der Waals surface area contributed by atoms with Crippen LogP contribution in [0.5, 0.6) is 0 Å². The Morgan fingerprint density at radius 1 is 0.896 bits per heavy atom. The molecule has 1 aliphatic heterocycles. The van der Waals surface area contributed by atoms with Gasteiger partial charge in [-0.15, -0.1) is 6.58 Å². The van der Waals surface area contributed by atoms with E-state index in [9.17, 15) is 14.7 Å². The van der Waals surface area contributed by atoms with Crippen LogP contribution >= 0.6 is 0 Å². The van der Waals surface area contributed by atoms with Gasteiger partial charge in [-0.2, -0.15) is 0 Å². The third-order valence-electron chi connectivity index (χ3n) is 9.29. The number of nitrogens with one attached hydrogen (secondary N) is 2. The highest BCUT2D eigenvalue weighted by molar-refractivity contribution is 5.93. The molecule has 0 bridgehead atoms. The normalized spacial score (nSPS) is 19.7.